The van der Waals surface area contributed by atoms with Crippen LogP contribution in [0.15, 0.2) is 4.99 Å². The molecule has 6 heteroatoms. The molecule has 0 N–H and O–H groups in total. The van der Waals surface area contributed by atoms with E-state index in [1.807, 2.05) is 0 Å². The van der Waals surface area contributed by atoms with Gasteiger partial charge in [-0.1, -0.05) is 15.9 Å². The monoisotopic (exact) mass is 279 g/mol. The normalized spacial score (nSPS) is 12.2. The number of esters is 1. The molecule has 1 amide bonds. The van der Waals surface area contributed by atoms with E-state index in [1.165, 1.54) is 7.11 Å². The van der Waals surface area contributed by atoms with Gasteiger partial charge in [0.2, 0.25) is 0 Å². The maximum Gasteiger partial charge on any atom is 0.434 e. The van der Waals surface area contributed by atoms with Gasteiger partial charge in [0.25, 0.3) is 0 Å². The van der Waals surface area contributed by atoms with Crippen molar-refractivity contribution >= 4 is 33.7 Å². The van der Waals surface area contributed by atoms with Crippen LogP contribution in [0.5, 0.6) is 0 Å². The number of carbonyl (C=O) groups excluding carboxylic acids is 2. The number of methoxy groups -OCH3 is 1. The Labute approximate surface area is 97.0 Å². The molecular weight excluding hydrogens is 266 g/mol. The molecule has 0 rings (SSSR count). The molecule has 0 atom stereocenters. The first-order valence-corrected chi connectivity index (χ1v) is 5.37. The Balaban J connectivity index is 4.57. The summed E-state index contributed by atoms with van der Waals surface area (Å²) in [6, 6.07) is 0. The lowest BCUT2D eigenvalue weighted by Gasteiger charge is -2.17. The standard InChI is InChI=1S/C9H14BrNO4/c1-9(2,3)15-8(13)11-6(5-10)7(12)14-4/h5H2,1-4H3. The second kappa shape index (κ2) is 5.85. The molecule has 0 aromatic heterocycles. The molecule has 0 aliphatic carbocycles. The first kappa shape index (κ1) is 14.1. The minimum atomic E-state index is -0.803. The summed E-state index contributed by atoms with van der Waals surface area (Å²) in [6.45, 7) is 5.14. The zero-order chi connectivity index (χ0) is 12.1. The molecule has 0 radical (unpaired) electrons. The molecule has 0 aliphatic rings. The minimum absolute atomic E-state index is 0.0215. The third kappa shape index (κ3) is 6.22. The lowest BCUT2D eigenvalue weighted by atomic mass is 10.2. The van der Waals surface area contributed by atoms with Crippen molar-refractivity contribution in [1.29, 1.82) is 0 Å². The van der Waals surface area contributed by atoms with E-state index in [0.29, 0.717) is 0 Å². The molecule has 5 nitrogen and oxygen atoms in total. The van der Waals surface area contributed by atoms with Crippen LogP contribution in [0.2, 0.25) is 0 Å². The maximum atomic E-state index is 11.2. The summed E-state index contributed by atoms with van der Waals surface area (Å²) in [6.07, 6.45) is -0.803. The Bertz CT molecular complexity index is 280. The average molecular weight is 280 g/mol. The Morgan fingerprint density at radius 2 is 1.87 bits per heavy atom. The molecule has 15 heavy (non-hydrogen) atoms. The summed E-state index contributed by atoms with van der Waals surface area (Å²) in [5.74, 6) is -0.655. The first-order chi connectivity index (χ1) is 6.80. The number of carbonyl (C=O) groups is 2. The van der Waals surface area contributed by atoms with Crippen molar-refractivity contribution in [2.45, 2.75) is 26.4 Å². The van der Waals surface area contributed by atoms with Crippen LogP contribution in [0.1, 0.15) is 20.8 Å². The van der Waals surface area contributed by atoms with E-state index >= 15 is 0 Å². The van der Waals surface area contributed by atoms with Crippen LogP contribution in [-0.2, 0) is 14.3 Å². The largest absolute Gasteiger partial charge is 0.465 e. The summed E-state index contributed by atoms with van der Waals surface area (Å²) in [5, 5.41) is 0.138. The number of aliphatic imine (C=N–C) groups is 1. The topological polar surface area (TPSA) is 65.0 Å². The van der Waals surface area contributed by atoms with Crippen LogP contribution >= 0.6 is 15.9 Å². The molecule has 0 aliphatic heterocycles. The fraction of sp³-hybridized carbons (Fsp3) is 0.667. The number of rotatable bonds is 2. The fourth-order valence-corrected chi connectivity index (χ4v) is 0.997. The summed E-state index contributed by atoms with van der Waals surface area (Å²) in [7, 11) is 1.22. The van der Waals surface area contributed by atoms with Crippen molar-refractivity contribution in [1.82, 2.24) is 0 Å². The minimum Gasteiger partial charge on any atom is -0.465 e. The quantitative estimate of drug-likeness (QED) is 0.440. The van der Waals surface area contributed by atoms with Crippen LogP contribution in [0.25, 0.3) is 0 Å². The predicted octanol–water partition coefficient (Wildman–Crippen LogP) is 1.93. The highest BCUT2D eigenvalue weighted by Gasteiger charge is 2.18. The molecule has 0 saturated heterocycles. The fourth-order valence-electron chi connectivity index (χ4n) is 0.643. The Hall–Kier alpha value is -0.910. The van der Waals surface area contributed by atoms with E-state index in [-0.39, 0.29) is 11.0 Å². The van der Waals surface area contributed by atoms with Crippen molar-refractivity contribution in [3.63, 3.8) is 0 Å². The summed E-state index contributed by atoms with van der Waals surface area (Å²) in [4.78, 5) is 25.7. The molecule has 86 valence electrons. The van der Waals surface area contributed by atoms with Gasteiger partial charge in [-0.2, -0.15) is 4.99 Å². The van der Waals surface area contributed by atoms with Crippen molar-refractivity contribution < 1.29 is 19.1 Å². The van der Waals surface area contributed by atoms with Crippen molar-refractivity contribution in [3.05, 3.63) is 0 Å². The van der Waals surface area contributed by atoms with Crippen molar-refractivity contribution in [2.75, 3.05) is 12.4 Å². The number of hydrogen-bond donors (Lipinski definition) is 0. The van der Waals surface area contributed by atoms with Gasteiger partial charge >= 0.3 is 12.1 Å². The van der Waals surface area contributed by atoms with Gasteiger partial charge in [-0.25, -0.2) is 9.59 Å². The molecule has 0 aromatic carbocycles. The molecule has 0 fully saturated rings. The van der Waals surface area contributed by atoms with Crippen LogP contribution in [0.4, 0.5) is 4.79 Å². The predicted molar refractivity (Wildman–Crippen MR) is 59.5 cm³/mol. The number of ether oxygens (including phenoxy) is 2. The zero-order valence-electron chi connectivity index (χ0n) is 9.17. The molecule has 0 aromatic rings. The van der Waals surface area contributed by atoms with Gasteiger partial charge in [0.1, 0.15) is 11.3 Å². The highest BCUT2D eigenvalue weighted by atomic mass is 79.9. The number of alkyl halides is 1. The number of nitrogens with zero attached hydrogens (tertiary/aromatic N) is 1. The van der Waals surface area contributed by atoms with Crippen LogP contribution in [0, 0.1) is 0 Å². The van der Waals surface area contributed by atoms with Crippen LogP contribution in [0.3, 0.4) is 0 Å². The third-order valence-corrected chi connectivity index (χ3v) is 1.70. The molecule has 0 heterocycles. The molecule has 0 unspecified atom stereocenters. The Kier molecular flexibility index (Phi) is 5.49. The van der Waals surface area contributed by atoms with E-state index < -0.39 is 17.7 Å². The number of hydrogen-bond acceptors (Lipinski definition) is 4. The average Bonchev–Trinajstić information content (AvgIpc) is 2.10. The highest BCUT2D eigenvalue weighted by molar-refractivity contribution is 9.09. The van der Waals surface area contributed by atoms with Crippen molar-refractivity contribution in [3.8, 4) is 0 Å². The summed E-state index contributed by atoms with van der Waals surface area (Å²) in [5.41, 5.74) is -0.652. The Morgan fingerprint density at radius 1 is 1.33 bits per heavy atom. The highest BCUT2D eigenvalue weighted by Crippen LogP contribution is 2.08. The Morgan fingerprint density at radius 3 is 2.20 bits per heavy atom. The second-order valence-electron chi connectivity index (χ2n) is 3.66. The number of amides is 1. The third-order valence-electron chi connectivity index (χ3n) is 1.17. The van der Waals surface area contributed by atoms with Gasteiger partial charge in [-0.05, 0) is 20.8 Å². The summed E-state index contributed by atoms with van der Waals surface area (Å²) >= 11 is 3.03. The maximum absolute atomic E-state index is 11.2. The SMILES string of the molecule is COC(=O)C(CBr)=NC(=O)OC(C)(C)C. The molecule has 0 spiro atoms. The summed E-state index contributed by atoms with van der Waals surface area (Å²) < 4.78 is 9.34. The van der Waals surface area contributed by atoms with Gasteiger partial charge in [0, 0.05) is 0 Å². The number of halogens is 1. The lowest BCUT2D eigenvalue weighted by molar-refractivity contribution is -0.132. The van der Waals surface area contributed by atoms with E-state index in [4.69, 9.17) is 4.74 Å². The van der Waals surface area contributed by atoms with Crippen molar-refractivity contribution in [2.24, 2.45) is 4.99 Å². The smallest absolute Gasteiger partial charge is 0.434 e. The van der Waals surface area contributed by atoms with E-state index in [1.54, 1.807) is 20.8 Å². The van der Waals surface area contributed by atoms with Crippen LogP contribution in [-0.4, -0.2) is 35.8 Å². The molecular formula is C9H14BrNO4. The van der Waals surface area contributed by atoms with Gasteiger partial charge in [-0.15, -0.1) is 0 Å². The lowest BCUT2D eigenvalue weighted by Crippen LogP contribution is -2.25. The van der Waals surface area contributed by atoms with E-state index in [2.05, 4.69) is 25.7 Å². The molecule has 0 saturated carbocycles. The van der Waals surface area contributed by atoms with Gasteiger partial charge in [0.05, 0.1) is 12.4 Å². The molecule has 0 bridgehead atoms. The first-order valence-electron chi connectivity index (χ1n) is 4.25. The van der Waals surface area contributed by atoms with Gasteiger partial charge < -0.3 is 9.47 Å². The second-order valence-corrected chi connectivity index (χ2v) is 4.22. The van der Waals surface area contributed by atoms with Gasteiger partial charge in [-0.3, -0.25) is 0 Å². The van der Waals surface area contributed by atoms with Gasteiger partial charge in [0.15, 0.2) is 0 Å². The van der Waals surface area contributed by atoms with E-state index in [9.17, 15) is 9.59 Å². The van der Waals surface area contributed by atoms with E-state index in [0.717, 1.165) is 0 Å². The zero-order valence-corrected chi connectivity index (χ0v) is 10.8. The van der Waals surface area contributed by atoms with Crippen LogP contribution < -0.4 is 0 Å².